The van der Waals surface area contributed by atoms with Crippen molar-refractivity contribution in [3.8, 4) is 0 Å². The molecule has 2 rings (SSSR count). The second kappa shape index (κ2) is 5.87. The van der Waals surface area contributed by atoms with Crippen molar-refractivity contribution in [3.05, 3.63) is 33.9 Å². The number of carbonyl (C=O) groups is 1. The van der Waals surface area contributed by atoms with Crippen LogP contribution in [-0.2, 0) is 0 Å². The van der Waals surface area contributed by atoms with Gasteiger partial charge in [0.1, 0.15) is 5.69 Å². The van der Waals surface area contributed by atoms with Gasteiger partial charge in [-0.05, 0) is 38.3 Å². The molecule has 1 aliphatic heterocycles. The Bertz CT molecular complexity index is 532. The van der Waals surface area contributed by atoms with E-state index in [1.807, 2.05) is 11.8 Å². The molecule has 0 bridgehead atoms. The van der Waals surface area contributed by atoms with Crippen molar-refractivity contribution in [1.29, 1.82) is 0 Å². The van der Waals surface area contributed by atoms with Crippen molar-refractivity contribution in [3.63, 3.8) is 0 Å². The molecular formula is C13H17N3O4. The fourth-order valence-electron chi connectivity index (χ4n) is 2.57. The van der Waals surface area contributed by atoms with Crippen LogP contribution in [0.25, 0.3) is 0 Å². The van der Waals surface area contributed by atoms with Crippen molar-refractivity contribution < 1.29 is 14.9 Å². The minimum Gasteiger partial charge on any atom is -0.363 e. The predicted molar refractivity (Wildman–Crippen MR) is 73.0 cm³/mol. The standard InChI is InChI=1S/C13H17N3O4/c1-9-4-2-3-7-15(9)11-6-5-10(13(17)14-18)8-12(11)16(19)20/h5-6,8-9,18H,2-4,7H2,1H3,(H,14,17)/t9-/m0/s1. The lowest BCUT2D eigenvalue weighted by Gasteiger charge is -2.35. The highest BCUT2D eigenvalue weighted by Gasteiger charge is 2.26. The Balaban J connectivity index is 2.42. The maximum atomic E-state index is 11.3. The number of piperidine rings is 1. The van der Waals surface area contributed by atoms with Gasteiger partial charge in [-0.1, -0.05) is 0 Å². The normalized spacial score (nSPS) is 18.7. The van der Waals surface area contributed by atoms with Crippen LogP contribution in [0.5, 0.6) is 0 Å². The number of amides is 1. The van der Waals surface area contributed by atoms with Gasteiger partial charge in [0.25, 0.3) is 11.6 Å². The summed E-state index contributed by atoms with van der Waals surface area (Å²) in [5, 5.41) is 19.8. The zero-order valence-corrected chi connectivity index (χ0v) is 11.2. The topological polar surface area (TPSA) is 95.7 Å². The molecular weight excluding hydrogens is 262 g/mol. The first-order valence-corrected chi connectivity index (χ1v) is 6.54. The van der Waals surface area contributed by atoms with Crippen molar-refractivity contribution in [2.45, 2.75) is 32.2 Å². The minimum atomic E-state index is -0.758. The number of rotatable bonds is 3. The monoisotopic (exact) mass is 279 g/mol. The first-order chi connectivity index (χ1) is 9.54. The fourth-order valence-corrected chi connectivity index (χ4v) is 2.57. The minimum absolute atomic E-state index is 0.0626. The number of hydroxylamine groups is 1. The van der Waals surface area contributed by atoms with Gasteiger partial charge in [-0.3, -0.25) is 20.1 Å². The summed E-state index contributed by atoms with van der Waals surface area (Å²) in [5.41, 5.74) is 1.96. The molecule has 1 amide bonds. The van der Waals surface area contributed by atoms with Crippen LogP contribution in [0.4, 0.5) is 11.4 Å². The van der Waals surface area contributed by atoms with Gasteiger partial charge in [-0.25, -0.2) is 5.48 Å². The fraction of sp³-hybridized carbons (Fsp3) is 0.462. The van der Waals surface area contributed by atoms with Gasteiger partial charge < -0.3 is 4.90 Å². The molecule has 1 atom stereocenters. The van der Waals surface area contributed by atoms with E-state index in [0.29, 0.717) is 5.69 Å². The molecule has 1 aliphatic rings. The van der Waals surface area contributed by atoms with Crippen LogP contribution >= 0.6 is 0 Å². The number of nitro groups is 1. The summed E-state index contributed by atoms with van der Waals surface area (Å²) >= 11 is 0. The number of benzene rings is 1. The quantitative estimate of drug-likeness (QED) is 0.502. The van der Waals surface area contributed by atoms with E-state index in [-0.39, 0.29) is 17.3 Å². The van der Waals surface area contributed by atoms with Gasteiger partial charge in [-0.2, -0.15) is 0 Å². The average Bonchev–Trinajstić information content (AvgIpc) is 2.46. The van der Waals surface area contributed by atoms with Crippen LogP contribution in [0.1, 0.15) is 36.5 Å². The van der Waals surface area contributed by atoms with E-state index in [1.54, 1.807) is 6.07 Å². The summed E-state index contributed by atoms with van der Waals surface area (Å²) in [6, 6.07) is 4.49. The van der Waals surface area contributed by atoms with E-state index >= 15 is 0 Å². The number of nitrogens with one attached hydrogen (secondary N) is 1. The van der Waals surface area contributed by atoms with Gasteiger partial charge in [-0.15, -0.1) is 0 Å². The summed E-state index contributed by atoms with van der Waals surface area (Å²) in [6.45, 7) is 2.81. The first kappa shape index (κ1) is 14.3. The highest BCUT2D eigenvalue weighted by atomic mass is 16.6. The van der Waals surface area contributed by atoms with Crippen LogP contribution in [0.2, 0.25) is 0 Å². The highest BCUT2D eigenvalue weighted by molar-refractivity contribution is 5.95. The van der Waals surface area contributed by atoms with Gasteiger partial charge in [0.2, 0.25) is 0 Å². The molecule has 1 saturated heterocycles. The third kappa shape index (κ3) is 2.72. The Hall–Kier alpha value is -2.15. The number of anilines is 1. The second-order valence-corrected chi connectivity index (χ2v) is 4.94. The number of nitrogens with zero attached hydrogens (tertiary/aromatic N) is 2. The maximum absolute atomic E-state index is 11.3. The number of hydrogen-bond acceptors (Lipinski definition) is 5. The lowest BCUT2D eigenvalue weighted by molar-refractivity contribution is -0.384. The van der Waals surface area contributed by atoms with Crippen LogP contribution in [0, 0.1) is 10.1 Å². The molecule has 0 aromatic heterocycles. The van der Waals surface area contributed by atoms with Crippen LogP contribution in [0.3, 0.4) is 0 Å². The maximum Gasteiger partial charge on any atom is 0.293 e. The van der Waals surface area contributed by atoms with Crippen LogP contribution in [0.15, 0.2) is 18.2 Å². The number of hydrogen-bond donors (Lipinski definition) is 2. The molecule has 0 aliphatic carbocycles. The molecule has 0 spiro atoms. The number of nitro benzene ring substituents is 1. The molecule has 108 valence electrons. The summed E-state index contributed by atoms with van der Waals surface area (Å²) in [4.78, 5) is 24.1. The summed E-state index contributed by atoms with van der Waals surface area (Å²) in [6.07, 6.45) is 3.12. The van der Waals surface area contributed by atoms with Crippen LogP contribution < -0.4 is 10.4 Å². The Labute approximate surface area is 116 Å². The largest absolute Gasteiger partial charge is 0.363 e. The average molecular weight is 279 g/mol. The number of carbonyl (C=O) groups excluding carboxylic acids is 1. The van der Waals surface area contributed by atoms with Crippen LogP contribution in [-0.4, -0.2) is 28.6 Å². The van der Waals surface area contributed by atoms with Crippen molar-refractivity contribution in [1.82, 2.24) is 5.48 Å². The van der Waals surface area contributed by atoms with Gasteiger partial charge in [0.05, 0.1) is 4.92 Å². The molecule has 0 saturated carbocycles. The molecule has 20 heavy (non-hydrogen) atoms. The molecule has 1 aromatic rings. The molecule has 1 aromatic carbocycles. The zero-order chi connectivity index (χ0) is 14.7. The Morgan fingerprint density at radius 1 is 1.50 bits per heavy atom. The van der Waals surface area contributed by atoms with E-state index < -0.39 is 10.8 Å². The lowest BCUT2D eigenvalue weighted by atomic mass is 10.0. The molecule has 7 heteroatoms. The molecule has 7 nitrogen and oxygen atoms in total. The van der Waals surface area contributed by atoms with E-state index in [0.717, 1.165) is 25.8 Å². The van der Waals surface area contributed by atoms with Gasteiger partial charge in [0, 0.05) is 24.2 Å². The Morgan fingerprint density at radius 3 is 2.85 bits per heavy atom. The molecule has 0 unspecified atom stereocenters. The lowest BCUT2D eigenvalue weighted by Crippen LogP contribution is -2.37. The van der Waals surface area contributed by atoms with Gasteiger partial charge >= 0.3 is 0 Å². The third-order valence-electron chi connectivity index (χ3n) is 3.65. The Morgan fingerprint density at radius 2 is 2.25 bits per heavy atom. The van der Waals surface area contributed by atoms with Crippen molar-refractivity contribution in [2.75, 3.05) is 11.4 Å². The molecule has 0 radical (unpaired) electrons. The zero-order valence-electron chi connectivity index (χ0n) is 11.2. The van der Waals surface area contributed by atoms with E-state index in [2.05, 4.69) is 0 Å². The Kier molecular flexibility index (Phi) is 4.19. The summed E-state index contributed by atoms with van der Waals surface area (Å²) < 4.78 is 0. The third-order valence-corrected chi connectivity index (χ3v) is 3.65. The van der Waals surface area contributed by atoms with Gasteiger partial charge in [0.15, 0.2) is 0 Å². The predicted octanol–water partition coefficient (Wildman–Crippen LogP) is 2.09. The van der Waals surface area contributed by atoms with E-state index in [9.17, 15) is 14.9 Å². The SMILES string of the molecule is C[C@H]1CCCCN1c1ccc(C(=O)NO)cc1[N+](=O)[O-]. The smallest absolute Gasteiger partial charge is 0.293 e. The van der Waals surface area contributed by atoms with E-state index in [1.165, 1.54) is 17.6 Å². The van der Waals surface area contributed by atoms with Crippen molar-refractivity contribution in [2.24, 2.45) is 0 Å². The molecule has 1 heterocycles. The second-order valence-electron chi connectivity index (χ2n) is 4.94. The summed E-state index contributed by atoms with van der Waals surface area (Å²) in [5.74, 6) is -0.758. The van der Waals surface area contributed by atoms with Crippen molar-refractivity contribution >= 4 is 17.3 Å². The van der Waals surface area contributed by atoms with E-state index in [4.69, 9.17) is 5.21 Å². The highest BCUT2D eigenvalue weighted by Crippen LogP contribution is 2.33. The molecule has 2 N–H and O–H groups in total. The molecule has 1 fully saturated rings. The first-order valence-electron chi connectivity index (χ1n) is 6.54. The summed E-state index contributed by atoms with van der Waals surface area (Å²) in [7, 11) is 0.